The summed E-state index contributed by atoms with van der Waals surface area (Å²) in [6.07, 6.45) is 4.11. The molecule has 1 aliphatic heterocycles. The number of amidine groups is 1. The normalized spacial score (nSPS) is 19.7. The van der Waals surface area contributed by atoms with Crippen molar-refractivity contribution in [3.8, 4) is 0 Å². The van der Waals surface area contributed by atoms with Gasteiger partial charge < -0.3 is 5.73 Å². The predicted molar refractivity (Wildman–Crippen MR) is 105 cm³/mol. The summed E-state index contributed by atoms with van der Waals surface area (Å²) in [4.78, 5) is 25.4. The Kier molecular flexibility index (Phi) is 5.24. The van der Waals surface area contributed by atoms with Crippen molar-refractivity contribution >= 4 is 28.5 Å². The summed E-state index contributed by atoms with van der Waals surface area (Å²) >= 11 is 1.58. The lowest BCUT2D eigenvalue weighted by Gasteiger charge is -2.30. The molecule has 136 valence electrons. The Morgan fingerprint density at radius 3 is 2.81 bits per heavy atom. The number of aromatic nitrogens is 2. The van der Waals surface area contributed by atoms with Crippen LogP contribution in [0.2, 0.25) is 0 Å². The van der Waals surface area contributed by atoms with Crippen LogP contribution in [0.5, 0.6) is 0 Å². The largest absolute Gasteiger partial charge is 0.379 e. The third-order valence-corrected chi connectivity index (χ3v) is 5.19. The predicted octanol–water partition coefficient (Wildman–Crippen LogP) is 1.88. The molecule has 0 unspecified atom stereocenters. The first-order valence-corrected chi connectivity index (χ1v) is 9.27. The number of hydrogen-bond acceptors (Lipinski definition) is 8. The van der Waals surface area contributed by atoms with Gasteiger partial charge in [0.2, 0.25) is 0 Å². The molecule has 0 radical (unpaired) electrons. The van der Waals surface area contributed by atoms with Crippen LogP contribution in [0.3, 0.4) is 0 Å². The fraction of sp³-hybridized carbons (Fsp3) is 0.333. The number of anilines is 1. The van der Waals surface area contributed by atoms with Gasteiger partial charge in [-0.2, -0.15) is 0 Å². The molecule has 4 N–H and O–H groups in total. The summed E-state index contributed by atoms with van der Waals surface area (Å²) in [7, 11) is 1.66. The van der Waals surface area contributed by atoms with E-state index in [1.54, 1.807) is 18.8 Å². The van der Waals surface area contributed by atoms with Gasteiger partial charge in [0.25, 0.3) is 0 Å². The molecule has 2 heterocycles. The molecule has 0 saturated heterocycles. The molecule has 8 heteroatoms. The number of rotatable bonds is 5. The fourth-order valence-electron chi connectivity index (χ4n) is 2.83. The van der Waals surface area contributed by atoms with Gasteiger partial charge in [0.15, 0.2) is 16.8 Å². The lowest BCUT2D eigenvalue weighted by molar-refractivity contribution is 0.0988. The number of ketones is 1. The molecule has 26 heavy (non-hydrogen) atoms. The van der Waals surface area contributed by atoms with E-state index < -0.39 is 0 Å². The molecule has 0 bridgehead atoms. The minimum absolute atomic E-state index is 0.0896. The second kappa shape index (κ2) is 7.43. The van der Waals surface area contributed by atoms with Gasteiger partial charge in [0, 0.05) is 19.2 Å². The van der Waals surface area contributed by atoms with Crippen molar-refractivity contribution in [1.29, 1.82) is 0 Å². The van der Waals surface area contributed by atoms with E-state index in [0.29, 0.717) is 16.7 Å². The van der Waals surface area contributed by atoms with E-state index >= 15 is 0 Å². The maximum Gasteiger partial charge on any atom is 0.187 e. The van der Waals surface area contributed by atoms with Gasteiger partial charge >= 0.3 is 0 Å². The zero-order valence-corrected chi connectivity index (χ0v) is 15.7. The Bertz CT molecular complexity index is 836. The first-order valence-electron chi connectivity index (χ1n) is 8.28. The fourth-order valence-corrected chi connectivity index (χ4v) is 3.81. The van der Waals surface area contributed by atoms with E-state index in [-0.39, 0.29) is 17.7 Å². The third-order valence-electron chi connectivity index (χ3n) is 4.39. The summed E-state index contributed by atoms with van der Waals surface area (Å²) in [6, 6.07) is 7.95. The molecule has 0 spiro atoms. The zero-order chi connectivity index (χ0) is 18.7. The topological polar surface area (TPSA) is 110 Å². The van der Waals surface area contributed by atoms with Crippen molar-refractivity contribution in [3.63, 3.8) is 0 Å². The van der Waals surface area contributed by atoms with Gasteiger partial charge in [0.1, 0.15) is 5.69 Å². The van der Waals surface area contributed by atoms with Gasteiger partial charge in [-0.25, -0.2) is 15.8 Å². The Balaban J connectivity index is 1.78. The quantitative estimate of drug-likeness (QED) is 0.469. The number of nitrogens with two attached hydrogens (primary N) is 2. The van der Waals surface area contributed by atoms with Crippen LogP contribution in [-0.2, 0) is 12.0 Å². The number of hydrazine groups is 1. The van der Waals surface area contributed by atoms with Crippen LogP contribution in [0, 0.1) is 0 Å². The van der Waals surface area contributed by atoms with Crippen molar-refractivity contribution in [2.75, 3.05) is 17.8 Å². The van der Waals surface area contributed by atoms with Gasteiger partial charge in [-0.05, 0) is 24.5 Å². The van der Waals surface area contributed by atoms with Crippen molar-refractivity contribution < 1.29 is 4.79 Å². The highest BCUT2D eigenvalue weighted by Gasteiger charge is 2.29. The molecule has 0 fully saturated rings. The van der Waals surface area contributed by atoms with E-state index in [1.807, 2.05) is 24.3 Å². The molecule has 1 aliphatic rings. The first kappa shape index (κ1) is 18.3. The number of nitrogens with zero attached hydrogens (tertiary/aromatic N) is 4. The maximum absolute atomic E-state index is 12.5. The van der Waals surface area contributed by atoms with Crippen LogP contribution < -0.4 is 16.6 Å². The van der Waals surface area contributed by atoms with Gasteiger partial charge in [-0.1, -0.05) is 36.0 Å². The number of carbonyl (C=O) groups excluding carboxylic acids is 1. The molecule has 0 aliphatic carbocycles. The van der Waals surface area contributed by atoms with Gasteiger partial charge in [-0.3, -0.25) is 14.8 Å². The van der Waals surface area contributed by atoms with Crippen LogP contribution in [0.1, 0.15) is 35.0 Å². The second-order valence-corrected chi connectivity index (χ2v) is 7.61. The molecule has 2 aromatic rings. The van der Waals surface area contributed by atoms with Gasteiger partial charge in [0.05, 0.1) is 17.9 Å². The molecule has 0 saturated carbocycles. The zero-order valence-electron chi connectivity index (χ0n) is 14.8. The highest BCUT2D eigenvalue weighted by atomic mass is 32.2. The van der Waals surface area contributed by atoms with Crippen molar-refractivity contribution in [1.82, 2.24) is 9.97 Å². The summed E-state index contributed by atoms with van der Waals surface area (Å²) in [5.74, 6) is 6.95. The molecular weight excluding hydrogens is 348 g/mol. The maximum atomic E-state index is 12.5. The van der Waals surface area contributed by atoms with Gasteiger partial charge in [-0.15, -0.1) is 0 Å². The monoisotopic (exact) mass is 370 g/mol. The highest BCUT2D eigenvalue weighted by Crippen LogP contribution is 2.35. The minimum Gasteiger partial charge on any atom is -0.379 e. The molecule has 0 amide bonds. The van der Waals surface area contributed by atoms with Crippen molar-refractivity contribution in [2.45, 2.75) is 25.3 Å². The Labute approximate surface area is 156 Å². The summed E-state index contributed by atoms with van der Waals surface area (Å²) < 4.78 is 0. The lowest BCUT2D eigenvalue weighted by atomic mass is 9.88. The molecular formula is C18H22N6OS. The number of hydrogen-bond donors (Lipinski definition) is 2. The molecule has 7 nitrogen and oxygen atoms in total. The van der Waals surface area contributed by atoms with Crippen molar-refractivity contribution in [2.24, 2.45) is 16.6 Å². The number of Topliss-reactive ketones (excluding diaryl/α,β-unsaturated/α-hetero) is 1. The second-order valence-electron chi connectivity index (χ2n) is 6.49. The van der Waals surface area contributed by atoms with Crippen LogP contribution in [0.25, 0.3) is 0 Å². The van der Waals surface area contributed by atoms with E-state index in [1.165, 1.54) is 17.4 Å². The standard InChI is InChI=1S/C18H22N6OS/c1-18(6-7-26-17(19)23-18)13-5-3-4-12(8-13)9-15(25)14-10-22-16(11-21-14)24(2)20/h3-5,8,10-11H,6-7,9,20H2,1-2H3,(H2,19,23)/t18-/m0/s1. The third kappa shape index (κ3) is 4.03. The van der Waals surface area contributed by atoms with E-state index in [4.69, 9.17) is 11.6 Å². The highest BCUT2D eigenvalue weighted by molar-refractivity contribution is 8.13. The average Bonchev–Trinajstić information content (AvgIpc) is 2.62. The number of aliphatic imine (C=N–C) groups is 1. The van der Waals surface area contributed by atoms with Crippen LogP contribution >= 0.6 is 11.8 Å². The number of thioether (sulfide) groups is 1. The van der Waals surface area contributed by atoms with E-state index in [9.17, 15) is 4.79 Å². The Hall–Kier alpha value is -2.45. The summed E-state index contributed by atoms with van der Waals surface area (Å²) in [6.45, 7) is 2.08. The van der Waals surface area contributed by atoms with Crippen LogP contribution in [0.15, 0.2) is 41.7 Å². The molecule has 1 aromatic heterocycles. The smallest absolute Gasteiger partial charge is 0.187 e. The Morgan fingerprint density at radius 2 is 2.15 bits per heavy atom. The number of benzene rings is 1. The molecule has 3 rings (SSSR count). The van der Waals surface area contributed by atoms with E-state index in [0.717, 1.165) is 23.3 Å². The number of carbonyl (C=O) groups is 1. The SMILES string of the molecule is CN(N)c1cnc(C(=O)Cc2cccc([C@]3(C)CCSC(N)=N3)c2)cn1. The minimum atomic E-state index is -0.346. The lowest BCUT2D eigenvalue weighted by Crippen LogP contribution is -2.28. The van der Waals surface area contributed by atoms with Crippen LogP contribution in [-0.4, -0.2) is 33.7 Å². The molecule has 1 aromatic carbocycles. The molecule has 1 atom stereocenters. The Morgan fingerprint density at radius 1 is 1.35 bits per heavy atom. The van der Waals surface area contributed by atoms with E-state index in [2.05, 4.69) is 21.9 Å². The van der Waals surface area contributed by atoms with Crippen molar-refractivity contribution in [3.05, 3.63) is 53.5 Å². The summed E-state index contributed by atoms with van der Waals surface area (Å²) in [5.41, 5.74) is 7.87. The van der Waals surface area contributed by atoms with Crippen LogP contribution in [0.4, 0.5) is 5.82 Å². The summed E-state index contributed by atoms with van der Waals surface area (Å²) in [5, 5.41) is 1.96. The average molecular weight is 370 g/mol. The first-order chi connectivity index (χ1) is 12.4.